The molecule has 0 radical (unpaired) electrons. The van der Waals surface area contributed by atoms with Crippen molar-refractivity contribution >= 4 is 21.7 Å². The predicted molar refractivity (Wildman–Crippen MR) is 70.6 cm³/mol. The molecule has 0 atom stereocenters. The fraction of sp³-hybridized carbons (Fsp3) is 0.0714. The standard InChI is InChI=1S/C14H10BrFO2/c1-9(17)10-2-4-11(5-3-10)18-12-6-7-14(16)13(15)8-12/h2-8H,1H3. The summed E-state index contributed by atoms with van der Waals surface area (Å²) in [5.74, 6) is 0.790. The summed E-state index contributed by atoms with van der Waals surface area (Å²) < 4.78 is 18.9. The molecule has 0 aliphatic heterocycles. The van der Waals surface area contributed by atoms with Crippen LogP contribution in [0.3, 0.4) is 0 Å². The van der Waals surface area contributed by atoms with E-state index in [1.165, 1.54) is 13.0 Å². The Bertz CT molecular complexity index is 579. The lowest BCUT2D eigenvalue weighted by Gasteiger charge is -2.06. The first-order chi connectivity index (χ1) is 8.56. The van der Waals surface area contributed by atoms with Crippen molar-refractivity contribution in [2.45, 2.75) is 6.92 Å². The van der Waals surface area contributed by atoms with Gasteiger partial charge in [-0.05, 0) is 65.3 Å². The lowest BCUT2D eigenvalue weighted by molar-refractivity contribution is 0.101. The van der Waals surface area contributed by atoms with E-state index < -0.39 is 0 Å². The first-order valence-electron chi connectivity index (χ1n) is 5.30. The molecule has 2 nitrogen and oxygen atoms in total. The van der Waals surface area contributed by atoms with Crippen LogP contribution in [0.4, 0.5) is 4.39 Å². The van der Waals surface area contributed by atoms with Crippen LogP contribution < -0.4 is 4.74 Å². The summed E-state index contributed by atoms with van der Waals surface area (Å²) in [5, 5.41) is 0. The topological polar surface area (TPSA) is 26.3 Å². The van der Waals surface area contributed by atoms with Gasteiger partial charge in [-0.1, -0.05) is 0 Å². The molecule has 0 aromatic heterocycles. The number of carbonyl (C=O) groups is 1. The van der Waals surface area contributed by atoms with Gasteiger partial charge < -0.3 is 4.74 Å². The molecule has 0 heterocycles. The van der Waals surface area contributed by atoms with E-state index in [2.05, 4.69) is 15.9 Å². The van der Waals surface area contributed by atoms with Crippen molar-refractivity contribution in [1.29, 1.82) is 0 Å². The van der Waals surface area contributed by atoms with Gasteiger partial charge in [-0.2, -0.15) is 0 Å². The number of benzene rings is 2. The molecule has 0 spiro atoms. The van der Waals surface area contributed by atoms with Crippen molar-refractivity contribution in [3.8, 4) is 11.5 Å². The van der Waals surface area contributed by atoms with Gasteiger partial charge in [-0.3, -0.25) is 4.79 Å². The number of hydrogen-bond donors (Lipinski definition) is 0. The average molecular weight is 309 g/mol. The number of halogens is 2. The molecule has 18 heavy (non-hydrogen) atoms. The minimum absolute atomic E-state index is 0.00563. The Balaban J connectivity index is 2.18. The van der Waals surface area contributed by atoms with Crippen molar-refractivity contribution in [2.24, 2.45) is 0 Å². The SMILES string of the molecule is CC(=O)c1ccc(Oc2ccc(F)c(Br)c2)cc1. The molecule has 2 rings (SSSR count). The van der Waals surface area contributed by atoms with Crippen LogP contribution in [0.1, 0.15) is 17.3 Å². The summed E-state index contributed by atoms with van der Waals surface area (Å²) in [6.07, 6.45) is 0. The van der Waals surface area contributed by atoms with E-state index >= 15 is 0 Å². The number of carbonyl (C=O) groups excluding carboxylic acids is 1. The molecule has 0 aliphatic carbocycles. The highest BCUT2D eigenvalue weighted by Crippen LogP contribution is 2.26. The third-order valence-corrected chi connectivity index (χ3v) is 3.00. The molecular weight excluding hydrogens is 299 g/mol. The molecular formula is C14H10BrFO2. The first kappa shape index (κ1) is 12.8. The Hall–Kier alpha value is -1.68. The molecule has 2 aromatic rings. The van der Waals surface area contributed by atoms with Gasteiger partial charge in [0.25, 0.3) is 0 Å². The Morgan fingerprint density at radius 2 is 1.72 bits per heavy atom. The number of hydrogen-bond acceptors (Lipinski definition) is 2. The Kier molecular flexibility index (Phi) is 3.77. The number of ether oxygens (including phenoxy) is 1. The highest BCUT2D eigenvalue weighted by atomic mass is 79.9. The third-order valence-electron chi connectivity index (χ3n) is 2.39. The highest BCUT2D eigenvalue weighted by Gasteiger charge is 2.03. The van der Waals surface area contributed by atoms with E-state index in [1.54, 1.807) is 36.4 Å². The minimum atomic E-state index is -0.339. The molecule has 0 amide bonds. The van der Waals surface area contributed by atoms with Gasteiger partial charge in [0.15, 0.2) is 5.78 Å². The molecule has 2 aromatic carbocycles. The van der Waals surface area contributed by atoms with Crippen LogP contribution in [0, 0.1) is 5.82 Å². The van der Waals surface area contributed by atoms with Crippen molar-refractivity contribution in [3.05, 3.63) is 58.3 Å². The van der Waals surface area contributed by atoms with E-state index in [1.807, 2.05) is 0 Å². The maximum atomic E-state index is 13.0. The summed E-state index contributed by atoms with van der Waals surface area (Å²) in [4.78, 5) is 11.1. The third kappa shape index (κ3) is 2.96. The van der Waals surface area contributed by atoms with Gasteiger partial charge in [0.2, 0.25) is 0 Å². The molecule has 0 fully saturated rings. The Morgan fingerprint density at radius 1 is 1.11 bits per heavy atom. The maximum Gasteiger partial charge on any atom is 0.159 e. The second-order valence-corrected chi connectivity index (χ2v) is 4.61. The second-order valence-electron chi connectivity index (χ2n) is 3.76. The van der Waals surface area contributed by atoms with Gasteiger partial charge in [-0.25, -0.2) is 4.39 Å². The maximum absolute atomic E-state index is 13.0. The van der Waals surface area contributed by atoms with Gasteiger partial charge in [0.05, 0.1) is 4.47 Å². The molecule has 0 N–H and O–H groups in total. The molecule has 0 aliphatic rings. The zero-order chi connectivity index (χ0) is 13.1. The van der Waals surface area contributed by atoms with Crippen LogP contribution >= 0.6 is 15.9 Å². The van der Waals surface area contributed by atoms with Gasteiger partial charge in [0.1, 0.15) is 17.3 Å². The van der Waals surface area contributed by atoms with Crippen molar-refractivity contribution < 1.29 is 13.9 Å². The van der Waals surface area contributed by atoms with Gasteiger partial charge in [0, 0.05) is 5.56 Å². The van der Waals surface area contributed by atoms with Crippen molar-refractivity contribution in [2.75, 3.05) is 0 Å². The van der Waals surface area contributed by atoms with Crippen LogP contribution in [-0.4, -0.2) is 5.78 Å². The monoisotopic (exact) mass is 308 g/mol. The minimum Gasteiger partial charge on any atom is -0.457 e. The molecule has 0 saturated heterocycles. The number of ketones is 1. The normalized spacial score (nSPS) is 10.2. The van der Waals surface area contributed by atoms with E-state index in [0.717, 1.165) is 0 Å². The first-order valence-corrected chi connectivity index (χ1v) is 6.09. The van der Waals surface area contributed by atoms with Crippen LogP contribution in [0.2, 0.25) is 0 Å². The quantitative estimate of drug-likeness (QED) is 0.776. The van der Waals surface area contributed by atoms with Crippen molar-refractivity contribution in [1.82, 2.24) is 0 Å². The smallest absolute Gasteiger partial charge is 0.159 e. The summed E-state index contributed by atoms with van der Waals surface area (Å²) in [6, 6.07) is 11.2. The fourth-order valence-electron chi connectivity index (χ4n) is 1.43. The lowest BCUT2D eigenvalue weighted by atomic mass is 10.1. The van der Waals surface area contributed by atoms with E-state index in [0.29, 0.717) is 21.5 Å². The zero-order valence-corrected chi connectivity index (χ0v) is 11.2. The predicted octanol–water partition coefficient (Wildman–Crippen LogP) is 4.58. The summed E-state index contributed by atoms with van der Waals surface area (Å²) >= 11 is 3.09. The summed E-state index contributed by atoms with van der Waals surface area (Å²) in [7, 11) is 0. The van der Waals surface area contributed by atoms with Crippen LogP contribution in [0.25, 0.3) is 0 Å². The Morgan fingerprint density at radius 3 is 2.28 bits per heavy atom. The molecule has 0 unspecified atom stereocenters. The highest BCUT2D eigenvalue weighted by molar-refractivity contribution is 9.10. The van der Waals surface area contributed by atoms with Gasteiger partial charge in [-0.15, -0.1) is 0 Å². The number of rotatable bonds is 3. The lowest BCUT2D eigenvalue weighted by Crippen LogP contribution is -1.91. The van der Waals surface area contributed by atoms with E-state index in [-0.39, 0.29) is 11.6 Å². The average Bonchev–Trinajstić information content (AvgIpc) is 2.34. The van der Waals surface area contributed by atoms with E-state index in [9.17, 15) is 9.18 Å². The molecule has 92 valence electrons. The second kappa shape index (κ2) is 5.31. The van der Waals surface area contributed by atoms with E-state index in [4.69, 9.17) is 4.74 Å². The largest absolute Gasteiger partial charge is 0.457 e. The zero-order valence-electron chi connectivity index (χ0n) is 9.61. The van der Waals surface area contributed by atoms with Crippen LogP contribution in [0.5, 0.6) is 11.5 Å². The number of Topliss-reactive ketones (excluding diaryl/α,β-unsaturated/α-hetero) is 1. The van der Waals surface area contributed by atoms with Crippen LogP contribution in [-0.2, 0) is 0 Å². The summed E-state index contributed by atoms with van der Waals surface area (Å²) in [6.45, 7) is 1.51. The van der Waals surface area contributed by atoms with Crippen molar-refractivity contribution in [3.63, 3.8) is 0 Å². The van der Waals surface area contributed by atoms with Crippen LogP contribution in [0.15, 0.2) is 46.9 Å². The fourth-order valence-corrected chi connectivity index (χ4v) is 1.79. The summed E-state index contributed by atoms with van der Waals surface area (Å²) in [5.41, 5.74) is 0.627. The molecule has 0 saturated carbocycles. The Labute approximate surface area is 113 Å². The molecule has 0 bridgehead atoms. The van der Waals surface area contributed by atoms with Gasteiger partial charge >= 0.3 is 0 Å². The molecule has 4 heteroatoms.